The van der Waals surface area contributed by atoms with Gasteiger partial charge in [0.1, 0.15) is 0 Å². The van der Waals surface area contributed by atoms with Crippen molar-refractivity contribution in [1.82, 2.24) is 10.2 Å². The molecule has 0 unspecified atom stereocenters. The molecule has 1 fully saturated rings. The van der Waals surface area contributed by atoms with E-state index in [1.54, 1.807) is 11.0 Å². The molecule has 122 valence electrons. The molecule has 0 atom stereocenters. The van der Waals surface area contributed by atoms with E-state index >= 15 is 0 Å². The number of non-ortho nitro benzene ring substituents is 1. The minimum atomic E-state index is -0.447. The van der Waals surface area contributed by atoms with Gasteiger partial charge >= 0.3 is 0 Å². The number of carbonyl (C=O) groups is 1. The molecule has 22 heavy (non-hydrogen) atoms. The van der Waals surface area contributed by atoms with Crippen LogP contribution in [0.1, 0.15) is 18.4 Å². The van der Waals surface area contributed by atoms with Crippen molar-refractivity contribution in [3.63, 3.8) is 0 Å². The van der Waals surface area contributed by atoms with Crippen LogP contribution >= 0.6 is 28.3 Å². The van der Waals surface area contributed by atoms with Gasteiger partial charge in [-0.2, -0.15) is 0 Å². The van der Waals surface area contributed by atoms with Gasteiger partial charge in [-0.05, 0) is 31.5 Å². The van der Waals surface area contributed by atoms with E-state index in [1.807, 2.05) is 7.05 Å². The van der Waals surface area contributed by atoms with Crippen molar-refractivity contribution in [3.05, 3.63) is 38.3 Å². The van der Waals surface area contributed by atoms with Gasteiger partial charge in [0.25, 0.3) is 5.69 Å². The van der Waals surface area contributed by atoms with Crippen LogP contribution in [0.15, 0.2) is 22.7 Å². The number of benzene rings is 1. The van der Waals surface area contributed by atoms with E-state index in [-0.39, 0.29) is 36.5 Å². The highest BCUT2D eigenvalue weighted by molar-refractivity contribution is 9.10. The molecule has 1 aromatic rings. The van der Waals surface area contributed by atoms with Gasteiger partial charge in [0.15, 0.2) is 0 Å². The SMILES string of the molecule is CN(C(=O)Cc1ccc([N+](=O)[O-])cc1Br)C1CCNCC1.Cl. The fourth-order valence-electron chi connectivity index (χ4n) is 2.48. The van der Waals surface area contributed by atoms with Crippen LogP contribution in [0.2, 0.25) is 0 Å². The maximum atomic E-state index is 12.3. The monoisotopic (exact) mass is 391 g/mol. The van der Waals surface area contributed by atoms with E-state index in [4.69, 9.17) is 0 Å². The van der Waals surface area contributed by atoms with E-state index in [1.165, 1.54) is 12.1 Å². The quantitative estimate of drug-likeness (QED) is 0.631. The minimum absolute atomic E-state index is 0. The third-order valence-electron chi connectivity index (χ3n) is 3.84. The summed E-state index contributed by atoms with van der Waals surface area (Å²) >= 11 is 3.30. The summed E-state index contributed by atoms with van der Waals surface area (Å²) in [6.07, 6.45) is 2.17. The number of carbonyl (C=O) groups excluding carboxylic acids is 1. The molecule has 1 N–H and O–H groups in total. The highest BCUT2D eigenvalue weighted by Crippen LogP contribution is 2.24. The van der Waals surface area contributed by atoms with Crippen LogP contribution < -0.4 is 5.32 Å². The summed E-state index contributed by atoms with van der Waals surface area (Å²) in [6, 6.07) is 4.78. The van der Waals surface area contributed by atoms with Crippen molar-refractivity contribution in [2.45, 2.75) is 25.3 Å². The lowest BCUT2D eigenvalue weighted by molar-refractivity contribution is -0.384. The van der Waals surface area contributed by atoms with Crippen molar-refractivity contribution in [2.75, 3.05) is 20.1 Å². The fraction of sp³-hybridized carbons (Fsp3) is 0.500. The maximum absolute atomic E-state index is 12.3. The lowest BCUT2D eigenvalue weighted by Crippen LogP contribution is -2.44. The predicted molar refractivity (Wildman–Crippen MR) is 90.4 cm³/mol. The van der Waals surface area contributed by atoms with Crippen LogP contribution in [0.3, 0.4) is 0 Å². The van der Waals surface area contributed by atoms with Crippen molar-refractivity contribution in [3.8, 4) is 0 Å². The van der Waals surface area contributed by atoms with E-state index in [2.05, 4.69) is 21.2 Å². The maximum Gasteiger partial charge on any atom is 0.270 e. The average Bonchev–Trinajstić information content (AvgIpc) is 2.49. The third-order valence-corrected chi connectivity index (χ3v) is 4.58. The predicted octanol–water partition coefficient (Wildman–Crippen LogP) is 2.53. The third kappa shape index (κ3) is 4.66. The number of hydrogen-bond acceptors (Lipinski definition) is 4. The molecule has 1 aliphatic heterocycles. The Balaban J connectivity index is 0.00000242. The summed E-state index contributed by atoms with van der Waals surface area (Å²) < 4.78 is 0.601. The Morgan fingerprint density at radius 1 is 1.45 bits per heavy atom. The van der Waals surface area contributed by atoms with Crippen LogP contribution in [0.4, 0.5) is 5.69 Å². The molecule has 8 heteroatoms. The smallest absolute Gasteiger partial charge is 0.270 e. The second kappa shape index (κ2) is 8.45. The summed E-state index contributed by atoms with van der Waals surface area (Å²) in [6.45, 7) is 1.87. The molecule has 6 nitrogen and oxygen atoms in total. The number of hydrogen-bond donors (Lipinski definition) is 1. The summed E-state index contributed by atoms with van der Waals surface area (Å²) in [5.41, 5.74) is 0.788. The van der Waals surface area contributed by atoms with Crippen LogP contribution in [0, 0.1) is 10.1 Å². The summed E-state index contributed by atoms with van der Waals surface area (Å²) in [5.74, 6) is 0.0384. The van der Waals surface area contributed by atoms with E-state index in [9.17, 15) is 14.9 Å². The van der Waals surface area contributed by atoms with Crippen LogP contribution in [-0.4, -0.2) is 41.9 Å². The molecular weight excluding hydrogens is 374 g/mol. The van der Waals surface area contributed by atoms with Gasteiger partial charge in [-0.15, -0.1) is 12.4 Å². The topological polar surface area (TPSA) is 75.5 Å². The summed E-state index contributed by atoms with van der Waals surface area (Å²) in [5, 5.41) is 14.0. The average molecular weight is 393 g/mol. The first-order valence-electron chi connectivity index (χ1n) is 6.88. The van der Waals surface area contributed by atoms with Gasteiger partial charge in [0.2, 0.25) is 5.91 Å². The standard InChI is InChI=1S/C14H18BrN3O3.ClH/c1-17(11-4-6-16-7-5-11)14(19)8-10-2-3-12(18(20)21)9-13(10)15;/h2-3,9,11,16H,4-8H2,1H3;1H. The van der Waals surface area contributed by atoms with Crippen LogP contribution in [0.25, 0.3) is 0 Å². The Morgan fingerprint density at radius 2 is 2.09 bits per heavy atom. The molecule has 0 saturated carbocycles. The Morgan fingerprint density at radius 3 is 2.64 bits per heavy atom. The molecule has 1 amide bonds. The Kier molecular flexibility index (Phi) is 7.25. The summed E-state index contributed by atoms with van der Waals surface area (Å²) in [4.78, 5) is 24.4. The molecule has 2 rings (SSSR count). The Hall–Kier alpha value is -1.18. The number of rotatable bonds is 4. The zero-order chi connectivity index (χ0) is 15.4. The van der Waals surface area contributed by atoms with E-state index in [0.717, 1.165) is 31.5 Å². The lowest BCUT2D eigenvalue weighted by Gasteiger charge is -2.31. The van der Waals surface area contributed by atoms with E-state index < -0.39 is 4.92 Å². The van der Waals surface area contributed by atoms with E-state index in [0.29, 0.717) is 4.47 Å². The number of piperidine rings is 1. The van der Waals surface area contributed by atoms with Crippen molar-refractivity contribution >= 4 is 39.9 Å². The van der Waals surface area contributed by atoms with Gasteiger partial charge < -0.3 is 10.2 Å². The Bertz CT molecular complexity index is 550. The number of nitrogens with one attached hydrogen (secondary N) is 1. The first-order valence-corrected chi connectivity index (χ1v) is 7.67. The molecule has 0 aliphatic carbocycles. The number of amides is 1. The van der Waals surface area contributed by atoms with Crippen LogP contribution in [0.5, 0.6) is 0 Å². The molecule has 0 aromatic heterocycles. The van der Waals surface area contributed by atoms with Crippen LogP contribution in [-0.2, 0) is 11.2 Å². The number of halogens is 2. The second-order valence-corrected chi connectivity index (χ2v) is 6.05. The number of likely N-dealkylation sites (N-methyl/N-ethyl adjacent to an activating group) is 1. The largest absolute Gasteiger partial charge is 0.342 e. The molecule has 1 saturated heterocycles. The van der Waals surface area contributed by atoms with Crippen molar-refractivity contribution < 1.29 is 9.72 Å². The molecule has 0 radical (unpaired) electrons. The van der Waals surface area contributed by atoms with Gasteiger partial charge in [-0.3, -0.25) is 14.9 Å². The first-order chi connectivity index (χ1) is 9.99. The summed E-state index contributed by atoms with van der Waals surface area (Å²) in [7, 11) is 1.83. The van der Waals surface area contributed by atoms with Gasteiger partial charge in [0, 0.05) is 29.7 Å². The zero-order valence-corrected chi connectivity index (χ0v) is 14.7. The lowest BCUT2D eigenvalue weighted by atomic mass is 10.0. The van der Waals surface area contributed by atoms with Gasteiger partial charge in [-0.25, -0.2) is 0 Å². The molecule has 0 spiro atoms. The van der Waals surface area contributed by atoms with Crippen molar-refractivity contribution in [2.24, 2.45) is 0 Å². The number of nitro groups is 1. The fourth-order valence-corrected chi connectivity index (χ4v) is 2.99. The molecule has 1 heterocycles. The minimum Gasteiger partial charge on any atom is -0.342 e. The highest BCUT2D eigenvalue weighted by atomic mass is 79.9. The Labute approximate surface area is 143 Å². The molecule has 0 bridgehead atoms. The van der Waals surface area contributed by atoms with Crippen molar-refractivity contribution in [1.29, 1.82) is 0 Å². The van der Waals surface area contributed by atoms with Gasteiger partial charge in [0.05, 0.1) is 11.3 Å². The zero-order valence-electron chi connectivity index (χ0n) is 12.3. The normalized spacial score (nSPS) is 15.0. The molecule has 1 aromatic carbocycles. The molecule has 1 aliphatic rings. The van der Waals surface area contributed by atoms with Gasteiger partial charge in [-0.1, -0.05) is 22.0 Å². The molecular formula is C14H19BrClN3O3. The number of nitrogens with zero attached hydrogens (tertiary/aromatic N) is 2. The first kappa shape index (κ1) is 18.9. The highest BCUT2D eigenvalue weighted by Gasteiger charge is 2.22. The second-order valence-electron chi connectivity index (χ2n) is 5.20. The number of nitro benzene ring substituents is 1.